The fourth-order valence-electron chi connectivity index (χ4n) is 2.24. The molecule has 2 aromatic rings. The van der Waals surface area contributed by atoms with E-state index in [0.717, 1.165) is 36.9 Å². The molecule has 0 radical (unpaired) electrons. The van der Waals surface area contributed by atoms with Crippen LogP contribution in [-0.4, -0.2) is 29.2 Å². The third-order valence-corrected chi connectivity index (χ3v) is 4.35. The number of ether oxygens (including phenoxy) is 1. The molecule has 0 unspecified atom stereocenters. The number of piperidine rings is 1. The predicted molar refractivity (Wildman–Crippen MR) is 82.2 cm³/mol. The van der Waals surface area contributed by atoms with Crippen LogP contribution >= 0.6 is 34.5 Å². The van der Waals surface area contributed by atoms with Gasteiger partial charge in [0.1, 0.15) is 11.9 Å². The minimum Gasteiger partial charge on any atom is -0.467 e. The van der Waals surface area contributed by atoms with Crippen molar-refractivity contribution in [2.75, 3.05) is 18.0 Å². The van der Waals surface area contributed by atoms with Gasteiger partial charge in [-0.25, -0.2) is 9.97 Å². The van der Waals surface area contributed by atoms with Gasteiger partial charge in [0.05, 0.1) is 10.0 Å². The summed E-state index contributed by atoms with van der Waals surface area (Å²) >= 11 is 13.6. The number of hydrogen-bond donors (Lipinski definition) is 0. The molecule has 106 valence electrons. The second-order valence-electron chi connectivity index (χ2n) is 4.56. The van der Waals surface area contributed by atoms with Gasteiger partial charge in [0, 0.05) is 43.7 Å². The number of anilines is 1. The van der Waals surface area contributed by atoms with Crippen molar-refractivity contribution in [2.45, 2.75) is 18.9 Å². The molecule has 0 spiro atoms. The van der Waals surface area contributed by atoms with Crippen molar-refractivity contribution in [1.29, 1.82) is 0 Å². The van der Waals surface area contributed by atoms with Gasteiger partial charge in [0.25, 0.3) is 5.19 Å². The summed E-state index contributed by atoms with van der Waals surface area (Å²) in [6, 6.07) is 1.73. The van der Waals surface area contributed by atoms with Gasteiger partial charge in [-0.05, 0) is 6.07 Å². The third-order valence-electron chi connectivity index (χ3n) is 3.21. The summed E-state index contributed by atoms with van der Waals surface area (Å²) in [4.78, 5) is 10.6. The zero-order chi connectivity index (χ0) is 13.9. The summed E-state index contributed by atoms with van der Waals surface area (Å²) in [5.41, 5.74) is 0. The molecular weight excluding hydrogens is 317 g/mol. The van der Waals surface area contributed by atoms with Crippen LogP contribution in [0.1, 0.15) is 12.8 Å². The Morgan fingerprint density at radius 2 is 2.05 bits per heavy atom. The highest BCUT2D eigenvalue weighted by Gasteiger charge is 2.23. The van der Waals surface area contributed by atoms with Crippen LogP contribution in [0.2, 0.25) is 10.0 Å². The first kappa shape index (κ1) is 13.9. The maximum Gasteiger partial charge on any atom is 0.273 e. The molecule has 0 bridgehead atoms. The lowest BCUT2D eigenvalue weighted by Crippen LogP contribution is -2.38. The van der Waals surface area contributed by atoms with E-state index in [1.807, 2.05) is 5.38 Å². The number of hydrogen-bond acceptors (Lipinski definition) is 5. The molecular formula is C13H13Cl2N3OS. The zero-order valence-corrected chi connectivity index (χ0v) is 13.0. The Kier molecular flexibility index (Phi) is 4.29. The molecule has 1 aliphatic heterocycles. The number of thiazole rings is 1. The Morgan fingerprint density at radius 3 is 2.70 bits per heavy atom. The van der Waals surface area contributed by atoms with Crippen molar-refractivity contribution in [1.82, 2.24) is 9.97 Å². The van der Waals surface area contributed by atoms with Gasteiger partial charge in [0.2, 0.25) is 0 Å². The maximum absolute atomic E-state index is 6.19. The highest BCUT2D eigenvalue weighted by atomic mass is 35.5. The van der Waals surface area contributed by atoms with Crippen LogP contribution in [0.15, 0.2) is 23.8 Å². The molecule has 7 heteroatoms. The van der Waals surface area contributed by atoms with E-state index >= 15 is 0 Å². The van der Waals surface area contributed by atoms with E-state index in [9.17, 15) is 0 Å². The second-order valence-corrected chi connectivity index (χ2v) is 6.26. The minimum absolute atomic E-state index is 0.212. The van der Waals surface area contributed by atoms with Gasteiger partial charge in [0.15, 0.2) is 0 Å². The Hall–Kier alpha value is -1.04. The van der Waals surface area contributed by atoms with Crippen LogP contribution < -0.4 is 9.64 Å². The zero-order valence-electron chi connectivity index (χ0n) is 10.6. The Balaban J connectivity index is 1.60. The predicted octanol–water partition coefficient (Wildman–Crippen LogP) is 3.89. The fraction of sp³-hybridized carbons (Fsp3) is 0.385. The fourth-order valence-corrected chi connectivity index (χ4v) is 3.29. The van der Waals surface area contributed by atoms with Crippen molar-refractivity contribution >= 4 is 40.4 Å². The lowest BCUT2D eigenvalue weighted by Gasteiger charge is -2.32. The summed E-state index contributed by atoms with van der Waals surface area (Å²) in [6.45, 7) is 1.73. The van der Waals surface area contributed by atoms with Gasteiger partial charge in [-0.3, -0.25) is 0 Å². The standard InChI is InChI=1S/C13H13Cl2N3OS/c14-9-7-11(15)12(17-8-9)18-4-1-10(2-5-18)19-13-16-3-6-20-13/h3,6-8,10H,1-2,4-5H2. The van der Waals surface area contributed by atoms with Crippen molar-refractivity contribution < 1.29 is 4.74 Å². The van der Waals surface area contributed by atoms with E-state index in [4.69, 9.17) is 27.9 Å². The molecule has 0 aliphatic carbocycles. The molecule has 4 nitrogen and oxygen atoms in total. The number of halogens is 2. The smallest absolute Gasteiger partial charge is 0.273 e. The van der Waals surface area contributed by atoms with Crippen LogP contribution in [0.25, 0.3) is 0 Å². The third kappa shape index (κ3) is 3.16. The Labute approximate surface area is 131 Å². The second kappa shape index (κ2) is 6.16. The van der Waals surface area contributed by atoms with Crippen LogP contribution in [-0.2, 0) is 0 Å². The van der Waals surface area contributed by atoms with E-state index in [1.165, 1.54) is 11.3 Å². The van der Waals surface area contributed by atoms with Crippen LogP contribution in [0.4, 0.5) is 5.82 Å². The van der Waals surface area contributed by atoms with Crippen LogP contribution in [0.3, 0.4) is 0 Å². The number of pyridine rings is 1. The van der Waals surface area contributed by atoms with Gasteiger partial charge in [-0.1, -0.05) is 34.5 Å². The molecule has 1 fully saturated rings. The maximum atomic E-state index is 6.19. The molecule has 0 atom stereocenters. The summed E-state index contributed by atoms with van der Waals surface area (Å²) in [5, 5.41) is 3.81. The molecule has 3 heterocycles. The minimum atomic E-state index is 0.212. The average molecular weight is 330 g/mol. The number of nitrogens with zero attached hydrogens (tertiary/aromatic N) is 3. The number of aromatic nitrogens is 2. The van der Waals surface area contributed by atoms with Crippen LogP contribution in [0.5, 0.6) is 5.19 Å². The summed E-state index contributed by atoms with van der Waals surface area (Å²) < 4.78 is 5.84. The monoisotopic (exact) mass is 329 g/mol. The average Bonchev–Trinajstić information content (AvgIpc) is 2.93. The van der Waals surface area contributed by atoms with Crippen molar-refractivity contribution in [3.05, 3.63) is 33.9 Å². The molecule has 1 saturated heterocycles. The van der Waals surface area contributed by atoms with Gasteiger partial charge in [-0.15, -0.1) is 0 Å². The summed E-state index contributed by atoms with van der Waals surface area (Å²) in [6.07, 6.45) is 5.46. The SMILES string of the molecule is Clc1cnc(N2CCC(Oc3nccs3)CC2)c(Cl)c1. The van der Waals surface area contributed by atoms with E-state index < -0.39 is 0 Å². The molecule has 3 rings (SSSR count). The molecule has 2 aromatic heterocycles. The molecule has 0 aromatic carbocycles. The van der Waals surface area contributed by atoms with Gasteiger partial charge in [-0.2, -0.15) is 0 Å². The molecule has 0 amide bonds. The largest absolute Gasteiger partial charge is 0.467 e. The first-order valence-electron chi connectivity index (χ1n) is 6.34. The van der Waals surface area contributed by atoms with Gasteiger partial charge >= 0.3 is 0 Å². The topological polar surface area (TPSA) is 38.2 Å². The van der Waals surface area contributed by atoms with E-state index in [0.29, 0.717) is 10.0 Å². The number of rotatable bonds is 3. The first-order chi connectivity index (χ1) is 9.72. The quantitative estimate of drug-likeness (QED) is 0.856. The van der Waals surface area contributed by atoms with E-state index in [-0.39, 0.29) is 6.10 Å². The first-order valence-corrected chi connectivity index (χ1v) is 7.98. The lowest BCUT2D eigenvalue weighted by atomic mass is 10.1. The van der Waals surface area contributed by atoms with Crippen molar-refractivity contribution in [3.8, 4) is 5.19 Å². The molecule has 0 saturated carbocycles. The lowest BCUT2D eigenvalue weighted by molar-refractivity contribution is 0.170. The van der Waals surface area contributed by atoms with Gasteiger partial charge < -0.3 is 9.64 Å². The van der Waals surface area contributed by atoms with E-state index in [2.05, 4.69) is 14.9 Å². The normalized spacial score (nSPS) is 16.4. The summed E-state index contributed by atoms with van der Waals surface area (Å²) in [7, 11) is 0. The van der Waals surface area contributed by atoms with Crippen molar-refractivity contribution in [2.24, 2.45) is 0 Å². The highest BCUT2D eigenvalue weighted by Crippen LogP contribution is 2.29. The Morgan fingerprint density at radius 1 is 1.25 bits per heavy atom. The Bertz CT molecular complexity index is 571. The summed E-state index contributed by atoms with van der Waals surface area (Å²) in [5.74, 6) is 0.795. The van der Waals surface area contributed by atoms with E-state index in [1.54, 1.807) is 18.5 Å². The van der Waals surface area contributed by atoms with Crippen molar-refractivity contribution in [3.63, 3.8) is 0 Å². The molecule has 0 N–H and O–H groups in total. The molecule has 1 aliphatic rings. The van der Waals surface area contributed by atoms with Crippen LogP contribution in [0, 0.1) is 0 Å². The highest BCUT2D eigenvalue weighted by molar-refractivity contribution is 7.11. The molecule has 20 heavy (non-hydrogen) atoms.